The normalized spacial score (nSPS) is 11.4. The van der Waals surface area contributed by atoms with E-state index in [-0.39, 0.29) is 0 Å². The van der Waals surface area contributed by atoms with Crippen LogP contribution in [-0.2, 0) is 0 Å². The van der Waals surface area contributed by atoms with Gasteiger partial charge in [0, 0.05) is 11.8 Å². The Morgan fingerprint density at radius 1 is 1.09 bits per heavy atom. The van der Waals surface area contributed by atoms with Gasteiger partial charge < -0.3 is 4.74 Å². The maximum Gasteiger partial charge on any atom is 0.195 e. The summed E-state index contributed by atoms with van der Waals surface area (Å²) in [7, 11) is 1.69. The number of thiazole rings is 1. The first-order valence-corrected chi connectivity index (χ1v) is 8.00. The number of nitrogens with zero attached hydrogens (tertiary/aromatic N) is 2. The second kappa shape index (κ2) is 4.85. The summed E-state index contributed by atoms with van der Waals surface area (Å²) >= 11 is 1.69. The molecule has 2 aromatic carbocycles. The SMILES string of the molecule is COc1ccc2c(c1)sc1nc(-c3cc(C)ccc3C)cn12. The average Bonchev–Trinajstić information content (AvgIpc) is 3.06. The summed E-state index contributed by atoms with van der Waals surface area (Å²) < 4.78 is 8.65. The van der Waals surface area contributed by atoms with Crippen LogP contribution in [0.2, 0.25) is 0 Å². The largest absolute Gasteiger partial charge is 0.497 e. The number of imidazole rings is 1. The maximum atomic E-state index is 5.29. The Hall–Kier alpha value is -2.33. The number of benzene rings is 2. The van der Waals surface area contributed by atoms with Gasteiger partial charge in [0.15, 0.2) is 4.96 Å². The van der Waals surface area contributed by atoms with Crippen molar-refractivity contribution >= 4 is 26.5 Å². The number of ether oxygens (including phenoxy) is 1. The number of aryl methyl sites for hydroxylation is 2. The maximum absolute atomic E-state index is 5.29. The smallest absolute Gasteiger partial charge is 0.195 e. The van der Waals surface area contributed by atoms with Crippen LogP contribution in [0.3, 0.4) is 0 Å². The molecule has 2 heterocycles. The van der Waals surface area contributed by atoms with Gasteiger partial charge in [-0.15, -0.1) is 0 Å². The number of methoxy groups -OCH3 is 1. The van der Waals surface area contributed by atoms with Crippen molar-refractivity contribution in [3.8, 4) is 17.0 Å². The van der Waals surface area contributed by atoms with Gasteiger partial charge in [-0.25, -0.2) is 4.98 Å². The Labute approximate surface area is 132 Å². The molecule has 0 aliphatic heterocycles. The van der Waals surface area contributed by atoms with Crippen molar-refractivity contribution in [3.05, 3.63) is 53.7 Å². The van der Waals surface area contributed by atoms with Gasteiger partial charge in [0.25, 0.3) is 0 Å². The minimum atomic E-state index is 0.881. The van der Waals surface area contributed by atoms with Crippen LogP contribution in [-0.4, -0.2) is 16.5 Å². The van der Waals surface area contributed by atoms with E-state index >= 15 is 0 Å². The van der Waals surface area contributed by atoms with Gasteiger partial charge in [-0.05, 0) is 43.7 Å². The molecule has 4 heteroatoms. The van der Waals surface area contributed by atoms with E-state index < -0.39 is 0 Å². The molecule has 0 saturated carbocycles. The lowest BCUT2D eigenvalue weighted by atomic mass is 10.0. The Bertz CT molecular complexity index is 997. The van der Waals surface area contributed by atoms with E-state index in [1.54, 1.807) is 18.4 Å². The molecule has 0 unspecified atom stereocenters. The van der Waals surface area contributed by atoms with E-state index in [1.807, 2.05) is 6.07 Å². The fraction of sp³-hybridized carbons (Fsp3) is 0.167. The zero-order valence-corrected chi connectivity index (χ0v) is 13.6. The molecule has 4 rings (SSSR count). The van der Waals surface area contributed by atoms with Gasteiger partial charge in [-0.3, -0.25) is 4.40 Å². The molecule has 0 amide bonds. The minimum absolute atomic E-state index is 0.881. The zero-order valence-electron chi connectivity index (χ0n) is 12.8. The number of rotatable bonds is 2. The highest BCUT2D eigenvalue weighted by Gasteiger charge is 2.12. The highest BCUT2D eigenvalue weighted by Crippen LogP contribution is 2.32. The standard InChI is InChI=1S/C18H16N2OS/c1-11-4-5-12(2)14(8-11)15-10-20-16-7-6-13(21-3)9-17(16)22-18(20)19-15/h4-10H,1-3H3. The molecule has 0 radical (unpaired) electrons. The van der Waals surface area contributed by atoms with E-state index in [2.05, 4.69) is 54.8 Å². The van der Waals surface area contributed by atoms with Crippen molar-refractivity contribution in [1.82, 2.24) is 9.38 Å². The second-order valence-electron chi connectivity index (χ2n) is 5.53. The lowest BCUT2D eigenvalue weighted by molar-refractivity contribution is 0.415. The Kier molecular flexibility index (Phi) is 2.94. The van der Waals surface area contributed by atoms with E-state index in [0.717, 1.165) is 16.4 Å². The molecule has 0 aliphatic carbocycles. The predicted molar refractivity (Wildman–Crippen MR) is 92.0 cm³/mol. The van der Waals surface area contributed by atoms with Crippen molar-refractivity contribution in [2.24, 2.45) is 0 Å². The molecule has 0 atom stereocenters. The molecular weight excluding hydrogens is 292 g/mol. The van der Waals surface area contributed by atoms with Crippen LogP contribution < -0.4 is 4.74 Å². The van der Waals surface area contributed by atoms with Gasteiger partial charge >= 0.3 is 0 Å². The molecule has 4 aromatic rings. The second-order valence-corrected chi connectivity index (χ2v) is 6.54. The summed E-state index contributed by atoms with van der Waals surface area (Å²) in [5, 5.41) is 0. The quantitative estimate of drug-likeness (QED) is 0.529. The lowest BCUT2D eigenvalue weighted by Gasteiger charge is -2.03. The predicted octanol–water partition coefficient (Wildman–Crippen LogP) is 4.84. The topological polar surface area (TPSA) is 26.5 Å². The number of hydrogen-bond acceptors (Lipinski definition) is 3. The van der Waals surface area contributed by atoms with Gasteiger partial charge in [0.2, 0.25) is 0 Å². The summed E-state index contributed by atoms with van der Waals surface area (Å²) in [6.07, 6.45) is 2.13. The van der Waals surface area contributed by atoms with Crippen molar-refractivity contribution in [3.63, 3.8) is 0 Å². The Morgan fingerprint density at radius 3 is 2.77 bits per heavy atom. The summed E-state index contributed by atoms with van der Waals surface area (Å²) in [4.78, 5) is 5.83. The molecule has 0 aliphatic rings. The molecule has 0 spiro atoms. The Morgan fingerprint density at radius 2 is 1.95 bits per heavy atom. The molecule has 22 heavy (non-hydrogen) atoms. The zero-order chi connectivity index (χ0) is 15.3. The van der Waals surface area contributed by atoms with Gasteiger partial charge in [-0.2, -0.15) is 0 Å². The van der Waals surface area contributed by atoms with Crippen molar-refractivity contribution in [2.75, 3.05) is 7.11 Å². The van der Waals surface area contributed by atoms with Gasteiger partial charge in [-0.1, -0.05) is 29.0 Å². The van der Waals surface area contributed by atoms with Crippen molar-refractivity contribution in [1.29, 1.82) is 0 Å². The third-order valence-corrected chi connectivity index (χ3v) is 4.99. The Balaban J connectivity index is 1.93. The highest BCUT2D eigenvalue weighted by atomic mass is 32.1. The van der Waals surface area contributed by atoms with Crippen molar-refractivity contribution < 1.29 is 4.74 Å². The van der Waals surface area contributed by atoms with Crippen LogP contribution in [0.1, 0.15) is 11.1 Å². The molecule has 0 fully saturated rings. The lowest BCUT2D eigenvalue weighted by Crippen LogP contribution is -1.85. The van der Waals surface area contributed by atoms with Crippen LogP contribution in [0.4, 0.5) is 0 Å². The first-order valence-electron chi connectivity index (χ1n) is 7.19. The first kappa shape index (κ1) is 13.3. The number of fused-ring (bicyclic) bond motifs is 3. The van der Waals surface area contributed by atoms with Crippen LogP contribution in [0.5, 0.6) is 5.75 Å². The molecule has 2 aromatic heterocycles. The summed E-state index contributed by atoms with van der Waals surface area (Å²) in [6.45, 7) is 4.24. The monoisotopic (exact) mass is 308 g/mol. The molecule has 0 N–H and O–H groups in total. The minimum Gasteiger partial charge on any atom is -0.497 e. The van der Waals surface area contributed by atoms with Crippen LogP contribution in [0, 0.1) is 13.8 Å². The molecule has 3 nitrogen and oxygen atoms in total. The van der Waals surface area contributed by atoms with Crippen molar-refractivity contribution in [2.45, 2.75) is 13.8 Å². The third-order valence-electron chi connectivity index (χ3n) is 3.97. The van der Waals surface area contributed by atoms with Crippen LogP contribution in [0.15, 0.2) is 42.6 Å². The fourth-order valence-corrected chi connectivity index (χ4v) is 3.79. The molecule has 0 bridgehead atoms. The summed E-state index contributed by atoms with van der Waals surface area (Å²) in [5.41, 5.74) is 5.92. The van der Waals surface area contributed by atoms with E-state index in [4.69, 9.17) is 9.72 Å². The molecular formula is C18H16N2OS. The van der Waals surface area contributed by atoms with E-state index in [1.165, 1.54) is 26.9 Å². The summed E-state index contributed by atoms with van der Waals surface area (Å²) in [5.74, 6) is 0.881. The van der Waals surface area contributed by atoms with Gasteiger partial charge in [0.1, 0.15) is 5.75 Å². The molecule has 110 valence electrons. The first-order chi connectivity index (χ1) is 10.7. The van der Waals surface area contributed by atoms with E-state index in [9.17, 15) is 0 Å². The average molecular weight is 308 g/mol. The van der Waals surface area contributed by atoms with E-state index in [0.29, 0.717) is 0 Å². The third kappa shape index (κ3) is 1.99. The number of aromatic nitrogens is 2. The van der Waals surface area contributed by atoms with Crippen LogP contribution in [0.25, 0.3) is 26.4 Å². The fourth-order valence-electron chi connectivity index (χ4n) is 2.75. The highest BCUT2D eigenvalue weighted by molar-refractivity contribution is 7.23. The van der Waals surface area contributed by atoms with Gasteiger partial charge in [0.05, 0.1) is 23.0 Å². The molecule has 0 saturated heterocycles. The summed E-state index contributed by atoms with van der Waals surface area (Å²) in [6, 6.07) is 12.6. The van der Waals surface area contributed by atoms with Crippen LogP contribution >= 0.6 is 11.3 Å². The number of hydrogen-bond donors (Lipinski definition) is 0.